The highest BCUT2D eigenvalue weighted by Gasteiger charge is 2.65. The van der Waals surface area contributed by atoms with Gasteiger partial charge in [-0.3, -0.25) is 9.59 Å². The third-order valence-electron chi connectivity index (χ3n) is 9.81. The predicted octanol–water partition coefficient (Wildman–Crippen LogP) is 6.39. The average Bonchev–Trinajstić information content (AvgIpc) is 2.95. The normalized spacial score (nSPS) is 24.1. The fraction of sp³-hybridized carbons (Fsp3) is 0.543. The molecule has 234 valence electrons. The van der Waals surface area contributed by atoms with Crippen molar-refractivity contribution in [1.29, 1.82) is 0 Å². The second-order valence-electron chi connectivity index (χ2n) is 14.6. The fourth-order valence-electron chi connectivity index (χ4n) is 6.42. The van der Waals surface area contributed by atoms with E-state index in [-0.39, 0.29) is 16.0 Å². The number of methoxy groups -OCH3 is 1. The summed E-state index contributed by atoms with van der Waals surface area (Å²) in [4.78, 5) is 26.5. The van der Waals surface area contributed by atoms with Gasteiger partial charge in [0.15, 0.2) is 8.32 Å². The van der Waals surface area contributed by atoms with Crippen LogP contribution in [0.1, 0.15) is 60.8 Å². The molecule has 2 heterocycles. The minimum Gasteiger partial charge on any atom is -0.468 e. The molecule has 5 rings (SSSR count). The van der Waals surface area contributed by atoms with E-state index in [1.54, 1.807) is 6.08 Å². The SMILES string of the molecule is COC(=O)[C@@]12C=C[C@@H](OC1=O)[C@H](CCCCO[Si](c1ccccc1)(c1ccccc1)C(C)(C)C)[C@@H]2O[Si](C)(C)C(C)(C)C. The van der Waals surface area contributed by atoms with Gasteiger partial charge in [-0.1, -0.05) is 115 Å². The number of carbonyl (C=O) groups is 2. The first kappa shape index (κ1) is 33.4. The van der Waals surface area contributed by atoms with Crippen LogP contribution >= 0.6 is 0 Å². The van der Waals surface area contributed by atoms with Crippen molar-refractivity contribution in [3.63, 3.8) is 0 Å². The maximum Gasteiger partial charge on any atom is 0.330 e. The number of ether oxygens (including phenoxy) is 2. The Balaban J connectivity index is 1.56. The number of hydrogen-bond acceptors (Lipinski definition) is 6. The lowest BCUT2D eigenvalue weighted by molar-refractivity contribution is -0.198. The third-order valence-corrected chi connectivity index (χ3v) is 19.3. The van der Waals surface area contributed by atoms with Crippen LogP contribution in [0.15, 0.2) is 72.8 Å². The molecule has 0 unspecified atom stereocenters. The highest BCUT2D eigenvalue weighted by atomic mass is 28.4. The summed E-state index contributed by atoms with van der Waals surface area (Å²) in [6.07, 6.45) is 4.90. The van der Waals surface area contributed by atoms with Crippen molar-refractivity contribution in [2.75, 3.05) is 13.7 Å². The fourth-order valence-corrected chi connectivity index (χ4v) is 12.4. The zero-order valence-corrected chi connectivity index (χ0v) is 29.4. The lowest BCUT2D eigenvalue weighted by Crippen LogP contribution is -2.66. The van der Waals surface area contributed by atoms with Crippen LogP contribution in [-0.2, 0) is 27.9 Å². The highest BCUT2D eigenvalue weighted by Crippen LogP contribution is 2.50. The summed E-state index contributed by atoms with van der Waals surface area (Å²) < 4.78 is 25.0. The molecule has 1 aliphatic carbocycles. The standard InChI is InChI=1S/C35H50O6Si2/c1-33(2,3)42(8,9)41-30-28(29-23-24-35(30,31(36)38-7)32(37)40-29)22-16-17-25-39-43(34(4,5)6,26-18-12-10-13-19-26)27-20-14-11-15-21-27/h10-15,18-21,23-24,28-30H,16-17,22,25H2,1-9H3/t28-,29+,30-,35-/m0/s1. The Morgan fingerprint density at radius 2 is 1.44 bits per heavy atom. The zero-order chi connectivity index (χ0) is 31.7. The Labute approximate surface area is 260 Å². The van der Waals surface area contributed by atoms with E-state index in [9.17, 15) is 9.59 Å². The molecular weight excluding hydrogens is 573 g/mol. The smallest absolute Gasteiger partial charge is 0.330 e. The zero-order valence-electron chi connectivity index (χ0n) is 27.4. The Morgan fingerprint density at radius 1 is 0.884 bits per heavy atom. The van der Waals surface area contributed by atoms with Gasteiger partial charge in [0.1, 0.15) is 6.10 Å². The summed E-state index contributed by atoms with van der Waals surface area (Å²) in [5.41, 5.74) is -1.57. The maximum absolute atomic E-state index is 13.3. The topological polar surface area (TPSA) is 71.1 Å². The van der Waals surface area contributed by atoms with E-state index < -0.39 is 46.2 Å². The maximum atomic E-state index is 13.3. The van der Waals surface area contributed by atoms with E-state index >= 15 is 0 Å². The van der Waals surface area contributed by atoms with Crippen LogP contribution in [0.3, 0.4) is 0 Å². The van der Waals surface area contributed by atoms with Gasteiger partial charge in [0.05, 0.1) is 13.2 Å². The first-order chi connectivity index (χ1) is 20.1. The molecule has 1 saturated heterocycles. The summed E-state index contributed by atoms with van der Waals surface area (Å²) in [6, 6.07) is 21.3. The molecule has 2 aliphatic heterocycles. The van der Waals surface area contributed by atoms with E-state index in [2.05, 4.69) is 115 Å². The summed E-state index contributed by atoms with van der Waals surface area (Å²) in [6.45, 7) is 18.3. The molecule has 1 fully saturated rings. The number of rotatable bonds is 11. The van der Waals surface area contributed by atoms with Crippen molar-refractivity contribution in [2.45, 2.75) is 96.2 Å². The van der Waals surface area contributed by atoms with Crippen LogP contribution in [0.2, 0.25) is 23.2 Å². The highest BCUT2D eigenvalue weighted by molar-refractivity contribution is 6.99. The van der Waals surface area contributed by atoms with Gasteiger partial charge in [-0.15, -0.1) is 0 Å². The monoisotopic (exact) mass is 622 g/mol. The molecule has 0 N–H and O–H groups in total. The first-order valence-corrected chi connectivity index (χ1v) is 20.3. The van der Waals surface area contributed by atoms with E-state index in [0.717, 1.165) is 19.3 Å². The van der Waals surface area contributed by atoms with E-state index in [1.165, 1.54) is 17.5 Å². The molecule has 0 aromatic heterocycles. The molecule has 2 aromatic rings. The molecule has 2 bridgehead atoms. The molecule has 8 heteroatoms. The van der Waals surface area contributed by atoms with Gasteiger partial charge < -0.3 is 18.3 Å². The number of esters is 2. The molecule has 0 spiro atoms. The van der Waals surface area contributed by atoms with Crippen molar-refractivity contribution in [2.24, 2.45) is 11.3 Å². The van der Waals surface area contributed by atoms with Crippen LogP contribution < -0.4 is 10.4 Å². The number of unbranched alkanes of at least 4 members (excludes halogenated alkanes) is 1. The second kappa shape index (κ2) is 12.5. The van der Waals surface area contributed by atoms with Crippen molar-refractivity contribution >= 4 is 38.9 Å². The second-order valence-corrected chi connectivity index (χ2v) is 23.6. The van der Waals surface area contributed by atoms with Crippen LogP contribution in [0.4, 0.5) is 0 Å². The van der Waals surface area contributed by atoms with Crippen molar-refractivity contribution < 1.29 is 27.9 Å². The van der Waals surface area contributed by atoms with Gasteiger partial charge >= 0.3 is 11.9 Å². The lowest BCUT2D eigenvalue weighted by Gasteiger charge is -2.52. The van der Waals surface area contributed by atoms with Crippen LogP contribution in [0.25, 0.3) is 0 Å². The molecule has 3 aliphatic rings. The minimum atomic E-state index is -2.62. The first-order valence-electron chi connectivity index (χ1n) is 15.5. The lowest BCUT2D eigenvalue weighted by atomic mass is 9.66. The van der Waals surface area contributed by atoms with Gasteiger partial charge in [-0.05, 0) is 52.5 Å². The van der Waals surface area contributed by atoms with Gasteiger partial charge in [-0.2, -0.15) is 0 Å². The molecule has 0 saturated carbocycles. The number of fused-ring (bicyclic) bond motifs is 2. The Kier molecular flexibility index (Phi) is 9.67. The number of benzene rings is 2. The molecular formula is C35H50O6Si2. The summed E-state index contributed by atoms with van der Waals surface area (Å²) in [7, 11) is -3.65. The van der Waals surface area contributed by atoms with E-state index in [0.29, 0.717) is 6.61 Å². The summed E-state index contributed by atoms with van der Waals surface area (Å²) >= 11 is 0. The van der Waals surface area contributed by atoms with Gasteiger partial charge in [-0.25, -0.2) is 0 Å². The molecule has 6 nitrogen and oxygen atoms in total. The third kappa shape index (κ3) is 6.08. The largest absolute Gasteiger partial charge is 0.468 e. The van der Waals surface area contributed by atoms with E-state index in [4.69, 9.17) is 18.3 Å². The molecule has 0 amide bonds. The molecule has 0 radical (unpaired) electrons. The Morgan fingerprint density at radius 3 is 1.91 bits per heavy atom. The Bertz CT molecular complexity index is 1260. The van der Waals surface area contributed by atoms with Gasteiger partial charge in [0, 0.05) is 12.5 Å². The average molecular weight is 623 g/mol. The predicted molar refractivity (Wildman–Crippen MR) is 176 cm³/mol. The van der Waals surface area contributed by atoms with Crippen molar-refractivity contribution in [3.8, 4) is 0 Å². The Hall–Kier alpha value is -2.53. The van der Waals surface area contributed by atoms with Crippen LogP contribution in [0, 0.1) is 11.3 Å². The van der Waals surface area contributed by atoms with E-state index in [1.807, 2.05) is 6.08 Å². The van der Waals surface area contributed by atoms with Crippen LogP contribution in [0.5, 0.6) is 0 Å². The summed E-state index contributed by atoms with van der Waals surface area (Å²) in [5, 5.41) is 2.34. The summed E-state index contributed by atoms with van der Waals surface area (Å²) in [5.74, 6) is -1.33. The molecule has 2 aromatic carbocycles. The molecule has 43 heavy (non-hydrogen) atoms. The van der Waals surface area contributed by atoms with Gasteiger partial charge in [0.2, 0.25) is 5.41 Å². The minimum absolute atomic E-state index is 0.0910. The number of carbonyl (C=O) groups excluding carboxylic acids is 2. The van der Waals surface area contributed by atoms with Crippen LogP contribution in [-0.4, -0.2) is 54.5 Å². The number of hydrogen-bond donors (Lipinski definition) is 0. The van der Waals surface area contributed by atoms with Gasteiger partial charge in [0.25, 0.3) is 8.32 Å². The van der Waals surface area contributed by atoms with Crippen molar-refractivity contribution in [1.82, 2.24) is 0 Å². The quantitative estimate of drug-likeness (QED) is 0.0951. The van der Waals surface area contributed by atoms with Crippen molar-refractivity contribution in [3.05, 3.63) is 72.8 Å². The molecule has 4 atom stereocenters.